The number of benzene rings is 1. The lowest BCUT2D eigenvalue weighted by molar-refractivity contribution is -0.141. The highest BCUT2D eigenvalue weighted by Crippen LogP contribution is 2.17. The van der Waals surface area contributed by atoms with E-state index in [0.29, 0.717) is 5.56 Å². The molecule has 0 fully saturated rings. The van der Waals surface area contributed by atoms with Crippen LogP contribution in [0.1, 0.15) is 18.0 Å². The van der Waals surface area contributed by atoms with Crippen LogP contribution in [0, 0.1) is 0 Å². The second kappa shape index (κ2) is 5.29. The number of carbonyl (C=O) groups excluding carboxylic acids is 1. The second-order valence-electron chi connectivity index (χ2n) is 3.73. The Morgan fingerprint density at radius 1 is 1.35 bits per heavy atom. The van der Waals surface area contributed by atoms with Crippen molar-refractivity contribution >= 4 is 15.8 Å². The van der Waals surface area contributed by atoms with Crippen molar-refractivity contribution in [3.8, 4) is 0 Å². The van der Waals surface area contributed by atoms with Crippen molar-refractivity contribution in [1.29, 1.82) is 0 Å². The van der Waals surface area contributed by atoms with E-state index in [1.807, 2.05) is 0 Å². The Balaban J connectivity index is 2.84. The number of hydrogen-bond acceptors (Lipinski definition) is 5. The minimum Gasteiger partial charge on any atom is -0.469 e. The fraction of sp³-hybridized carbons (Fsp3) is 0.364. The molecular formula is C11H15NO4S. The maximum atomic E-state index is 11.2. The lowest BCUT2D eigenvalue weighted by Crippen LogP contribution is -2.16. The summed E-state index contributed by atoms with van der Waals surface area (Å²) in [5.41, 5.74) is 6.48. The zero-order valence-corrected chi connectivity index (χ0v) is 10.5. The van der Waals surface area contributed by atoms with Crippen molar-refractivity contribution in [3.63, 3.8) is 0 Å². The van der Waals surface area contributed by atoms with Crippen LogP contribution in [0.5, 0.6) is 0 Å². The molecule has 94 valence electrons. The summed E-state index contributed by atoms with van der Waals surface area (Å²) in [5.74, 6) is -0.398. The van der Waals surface area contributed by atoms with Gasteiger partial charge in [-0.15, -0.1) is 0 Å². The Morgan fingerprint density at radius 2 is 1.88 bits per heavy atom. The molecule has 0 heterocycles. The molecule has 0 aliphatic heterocycles. The van der Waals surface area contributed by atoms with Crippen molar-refractivity contribution in [1.82, 2.24) is 0 Å². The zero-order valence-electron chi connectivity index (χ0n) is 9.71. The molecule has 17 heavy (non-hydrogen) atoms. The molecule has 0 aliphatic rings. The first-order valence-electron chi connectivity index (χ1n) is 4.97. The van der Waals surface area contributed by atoms with Gasteiger partial charge in [0.25, 0.3) is 0 Å². The smallest absolute Gasteiger partial charge is 0.307 e. The number of carbonyl (C=O) groups is 1. The molecule has 1 aromatic rings. The molecule has 0 spiro atoms. The third kappa shape index (κ3) is 3.83. The average Bonchev–Trinajstić information content (AvgIpc) is 2.27. The van der Waals surface area contributed by atoms with E-state index in [2.05, 4.69) is 4.74 Å². The quantitative estimate of drug-likeness (QED) is 0.800. The molecule has 0 amide bonds. The molecule has 1 unspecified atom stereocenters. The summed E-state index contributed by atoms with van der Waals surface area (Å²) in [7, 11) is -1.91. The highest BCUT2D eigenvalue weighted by molar-refractivity contribution is 7.90. The molecular weight excluding hydrogens is 242 g/mol. The number of hydrogen-bond donors (Lipinski definition) is 1. The molecule has 1 atom stereocenters. The van der Waals surface area contributed by atoms with Crippen LogP contribution in [0.4, 0.5) is 0 Å². The number of methoxy groups -OCH3 is 1. The highest BCUT2D eigenvalue weighted by Gasteiger charge is 2.13. The first-order chi connectivity index (χ1) is 7.84. The Labute approximate surface area is 100 Å². The van der Waals surface area contributed by atoms with Gasteiger partial charge >= 0.3 is 5.97 Å². The lowest BCUT2D eigenvalue weighted by Gasteiger charge is -2.10. The first-order valence-corrected chi connectivity index (χ1v) is 6.86. The summed E-state index contributed by atoms with van der Waals surface area (Å²) >= 11 is 0. The van der Waals surface area contributed by atoms with E-state index in [0.717, 1.165) is 6.26 Å². The molecule has 5 nitrogen and oxygen atoms in total. The normalized spacial score (nSPS) is 13.1. The van der Waals surface area contributed by atoms with Gasteiger partial charge in [0.2, 0.25) is 0 Å². The third-order valence-electron chi connectivity index (χ3n) is 2.35. The van der Waals surface area contributed by atoms with Crippen LogP contribution in [0.15, 0.2) is 29.2 Å². The van der Waals surface area contributed by atoms with E-state index in [9.17, 15) is 13.2 Å². The first kappa shape index (κ1) is 13.7. The van der Waals surface area contributed by atoms with Gasteiger partial charge in [0.1, 0.15) is 0 Å². The second-order valence-corrected chi connectivity index (χ2v) is 5.74. The maximum absolute atomic E-state index is 11.2. The van der Waals surface area contributed by atoms with E-state index in [1.165, 1.54) is 19.2 Å². The summed E-state index contributed by atoms with van der Waals surface area (Å²) < 4.78 is 27.0. The van der Waals surface area contributed by atoms with Gasteiger partial charge in [0.15, 0.2) is 9.84 Å². The molecule has 0 saturated carbocycles. The molecule has 0 radical (unpaired) electrons. The van der Waals surface area contributed by atoms with Gasteiger partial charge in [0, 0.05) is 12.3 Å². The number of ether oxygens (including phenoxy) is 1. The molecule has 1 rings (SSSR count). The van der Waals surface area contributed by atoms with Crippen LogP contribution >= 0.6 is 0 Å². The van der Waals surface area contributed by atoms with Crippen LogP contribution in [-0.4, -0.2) is 27.8 Å². The number of esters is 1. The van der Waals surface area contributed by atoms with Gasteiger partial charge in [-0.2, -0.15) is 0 Å². The van der Waals surface area contributed by atoms with E-state index in [-0.39, 0.29) is 11.3 Å². The van der Waals surface area contributed by atoms with Gasteiger partial charge in [-0.05, 0) is 17.7 Å². The van der Waals surface area contributed by atoms with Crippen LogP contribution in [0.3, 0.4) is 0 Å². The monoisotopic (exact) mass is 257 g/mol. The van der Waals surface area contributed by atoms with Crippen molar-refractivity contribution < 1.29 is 17.9 Å². The average molecular weight is 257 g/mol. The number of nitrogens with two attached hydrogens (primary N) is 1. The van der Waals surface area contributed by atoms with Crippen LogP contribution in [0.25, 0.3) is 0 Å². The summed E-state index contributed by atoms with van der Waals surface area (Å²) in [6.45, 7) is 0. The number of sulfone groups is 1. The predicted octanol–water partition coefficient (Wildman–Crippen LogP) is 0.653. The maximum Gasteiger partial charge on any atom is 0.307 e. The largest absolute Gasteiger partial charge is 0.469 e. The van der Waals surface area contributed by atoms with Crippen LogP contribution < -0.4 is 5.73 Å². The van der Waals surface area contributed by atoms with Gasteiger partial charge in [0.05, 0.1) is 18.4 Å². The number of rotatable bonds is 4. The molecule has 2 N–H and O–H groups in total. The third-order valence-corrected chi connectivity index (χ3v) is 3.48. The molecule has 0 saturated heterocycles. The van der Waals surface area contributed by atoms with Crippen molar-refractivity contribution in [2.45, 2.75) is 17.4 Å². The SMILES string of the molecule is COC(=O)CC(N)c1ccc(S(C)(=O)=O)cc1. The van der Waals surface area contributed by atoms with Gasteiger partial charge in [-0.25, -0.2) is 8.42 Å². The Bertz CT molecular complexity index is 493. The van der Waals surface area contributed by atoms with Gasteiger partial charge in [-0.1, -0.05) is 12.1 Å². The standard InChI is InChI=1S/C11H15NO4S/c1-16-11(13)7-10(12)8-3-5-9(6-4-8)17(2,14)15/h3-6,10H,7,12H2,1-2H3. The predicted molar refractivity (Wildman–Crippen MR) is 63.1 cm³/mol. The summed E-state index contributed by atoms with van der Waals surface area (Å²) in [6, 6.07) is 5.66. The fourth-order valence-electron chi connectivity index (χ4n) is 1.34. The minimum absolute atomic E-state index is 0.0642. The Kier molecular flexibility index (Phi) is 4.25. The molecule has 6 heteroatoms. The van der Waals surface area contributed by atoms with Crippen molar-refractivity contribution in [2.75, 3.05) is 13.4 Å². The fourth-order valence-corrected chi connectivity index (χ4v) is 1.97. The molecule has 0 aliphatic carbocycles. The van der Waals surface area contributed by atoms with Crippen molar-refractivity contribution in [2.24, 2.45) is 5.73 Å². The van der Waals surface area contributed by atoms with E-state index >= 15 is 0 Å². The van der Waals surface area contributed by atoms with Crippen molar-refractivity contribution in [3.05, 3.63) is 29.8 Å². The highest BCUT2D eigenvalue weighted by atomic mass is 32.2. The summed E-state index contributed by atoms with van der Waals surface area (Å²) in [5, 5.41) is 0. The van der Waals surface area contributed by atoms with E-state index < -0.39 is 21.8 Å². The summed E-state index contributed by atoms with van der Waals surface area (Å²) in [4.78, 5) is 11.3. The zero-order chi connectivity index (χ0) is 13.1. The molecule has 0 aromatic heterocycles. The van der Waals surface area contributed by atoms with Crippen LogP contribution in [0.2, 0.25) is 0 Å². The summed E-state index contributed by atoms with van der Waals surface area (Å²) in [6.07, 6.45) is 1.20. The molecule has 0 bridgehead atoms. The lowest BCUT2D eigenvalue weighted by atomic mass is 10.1. The van der Waals surface area contributed by atoms with E-state index in [4.69, 9.17) is 5.73 Å². The van der Waals surface area contributed by atoms with Crippen LogP contribution in [-0.2, 0) is 19.4 Å². The minimum atomic E-state index is -3.21. The Morgan fingerprint density at radius 3 is 2.29 bits per heavy atom. The topological polar surface area (TPSA) is 86.5 Å². The Hall–Kier alpha value is -1.40. The van der Waals surface area contributed by atoms with E-state index in [1.54, 1.807) is 12.1 Å². The molecule has 1 aromatic carbocycles. The van der Waals surface area contributed by atoms with Gasteiger partial charge in [-0.3, -0.25) is 4.79 Å². The van der Waals surface area contributed by atoms with Gasteiger partial charge < -0.3 is 10.5 Å².